The molecular weight excluding hydrogens is 246 g/mol. The lowest BCUT2D eigenvalue weighted by molar-refractivity contribution is 0.589. The van der Waals surface area contributed by atoms with Crippen molar-refractivity contribution in [3.63, 3.8) is 0 Å². The van der Waals surface area contributed by atoms with Crippen LogP contribution in [0, 0.1) is 11.6 Å². The maximum Gasteiger partial charge on any atom is 0.151 e. The summed E-state index contributed by atoms with van der Waals surface area (Å²) in [5.41, 5.74) is 7.49. The second kappa shape index (κ2) is 5.69. The average molecular weight is 262 g/mol. The molecule has 4 heteroatoms. The quantitative estimate of drug-likeness (QED) is 0.824. The number of anilines is 2. The van der Waals surface area contributed by atoms with Crippen molar-refractivity contribution in [2.45, 2.75) is 19.9 Å². The second-order valence-electron chi connectivity index (χ2n) is 4.38. The van der Waals surface area contributed by atoms with Crippen molar-refractivity contribution in [3.8, 4) is 0 Å². The lowest BCUT2D eigenvalue weighted by Gasteiger charge is -2.10. The minimum Gasteiger partial charge on any atom is -0.399 e. The summed E-state index contributed by atoms with van der Waals surface area (Å²) in [7, 11) is 0. The fourth-order valence-corrected chi connectivity index (χ4v) is 1.84. The molecule has 0 unspecified atom stereocenters. The molecule has 0 radical (unpaired) electrons. The molecular formula is C15H16F2N2. The highest BCUT2D eigenvalue weighted by atomic mass is 19.1. The molecule has 0 saturated carbocycles. The molecule has 2 rings (SSSR count). The van der Waals surface area contributed by atoms with Gasteiger partial charge in [-0.2, -0.15) is 0 Å². The molecule has 0 spiro atoms. The highest BCUT2D eigenvalue weighted by Crippen LogP contribution is 2.22. The van der Waals surface area contributed by atoms with Gasteiger partial charge in [-0.15, -0.1) is 0 Å². The summed E-state index contributed by atoms with van der Waals surface area (Å²) in [6.07, 6.45) is 0.967. The van der Waals surface area contributed by atoms with E-state index in [1.807, 2.05) is 24.3 Å². The van der Waals surface area contributed by atoms with E-state index < -0.39 is 11.6 Å². The van der Waals surface area contributed by atoms with Gasteiger partial charge in [0.25, 0.3) is 0 Å². The van der Waals surface area contributed by atoms with Gasteiger partial charge in [-0.3, -0.25) is 0 Å². The number of nitrogen functional groups attached to an aromatic ring is 1. The molecule has 0 aliphatic rings. The second-order valence-corrected chi connectivity index (χ2v) is 4.38. The number of nitrogens with two attached hydrogens (primary N) is 1. The van der Waals surface area contributed by atoms with Crippen LogP contribution >= 0.6 is 0 Å². The minimum absolute atomic E-state index is 0.0767. The topological polar surface area (TPSA) is 38.0 Å². The van der Waals surface area contributed by atoms with Crippen molar-refractivity contribution < 1.29 is 8.78 Å². The summed E-state index contributed by atoms with van der Waals surface area (Å²) < 4.78 is 27.1. The molecule has 0 aromatic heterocycles. The zero-order chi connectivity index (χ0) is 13.8. The predicted molar refractivity (Wildman–Crippen MR) is 73.9 cm³/mol. The Morgan fingerprint density at radius 1 is 1.00 bits per heavy atom. The summed E-state index contributed by atoms with van der Waals surface area (Å²) in [5.74, 6) is -1.36. The fraction of sp³-hybridized carbons (Fsp3) is 0.200. The first kappa shape index (κ1) is 13.3. The Kier molecular flexibility index (Phi) is 4.00. The molecule has 2 nitrogen and oxygen atoms in total. The molecule has 0 saturated heterocycles. The molecule has 0 bridgehead atoms. The van der Waals surface area contributed by atoms with Crippen LogP contribution in [-0.2, 0) is 13.0 Å². The number of nitrogens with one attached hydrogen (secondary N) is 1. The fourth-order valence-electron chi connectivity index (χ4n) is 1.84. The number of benzene rings is 2. The third-order valence-corrected chi connectivity index (χ3v) is 2.96. The number of rotatable bonds is 4. The van der Waals surface area contributed by atoms with Gasteiger partial charge >= 0.3 is 0 Å². The molecule has 0 aliphatic heterocycles. The first-order valence-corrected chi connectivity index (χ1v) is 6.16. The molecule has 0 aliphatic carbocycles. The Balaban J connectivity index is 2.10. The van der Waals surface area contributed by atoms with Gasteiger partial charge in [0, 0.05) is 12.2 Å². The minimum atomic E-state index is -0.678. The van der Waals surface area contributed by atoms with E-state index in [1.165, 1.54) is 5.56 Å². The van der Waals surface area contributed by atoms with Crippen molar-refractivity contribution in [2.75, 3.05) is 11.1 Å². The molecule has 2 aromatic rings. The average Bonchev–Trinajstić information content (AvgIpc) is 2.38. The summed E-state index contributed by atoms with van der Waals surface area (Å²) >= 11 is 0. The third kappa shape index (κ3) is 3.22. The van der Waals surface area contributed by atoms with Crippen LogP contribution < -0.4 is 11.1 Å². The van der Waals surface area contributed by atoms with Gasteiger partial charge in [0.05, 0.1) is 0 Å². The van der Waals surface area contributed by atoms with Crippen molar-refractivity contribution in [2.24, 2.45) is 0 Å². The van der Waals surface area contributed by atoms with Gasteiger partial charge < -0.3 is 11.1 Å². The lowest BCUT2D eigenvalue weighted by atomic mass is 10.1. The molecule has 0 heterocycles. The van der Waals surface area contributed by atoms with Gasteiger partial charge in [0.15, 0.2) is 11.6 Å². The summed E-state index contributed by atoms with van der Waals surface area (Å²) in [5, 5.41) is 2.76. The normalized spacial score (nSPS) is 10.5. The van der Waals surface area contributed by atoms with Crippen LogP contribution in [0.25, 0.3) is 0 Å². The van der Waals surface area contributed by atoms with Crippen LogP contribution in [-0.4, -0.2) is 0 Å². The van der Waals surface area contributed by atoms with Crippen LogP contribution in [0.3, 0.4) is 0 Å². The van der Waals surface area contributed by atoms with E-state index in [0.29, 0.717) is 6.54 Å². The van der Waals surface area contributed by atoms with E-state index >= 15 is 0 Å². The Morgan fingerprint density at radius 3 is 2.05 bits per heavy atom. The van der Waals surface area contributed by atoms with E-state index in [9.17, 15) is 8.78 Å². The Hall–Kier alpha value is -2.10. The maximum atomic E-state index is 13.6. The summed E-state index contributed by atoms with van der Waals surface area (Å²) in [6, 6.07) is 10.1. The molecule has 100 valence electrons. The maximum absolute atomic E-state index is 13.6. The zero-order valence-electron chi connectivity index (χ0n) is 10.7. The molecule has 2 aromatic carbocycles. The lowest BCUT2D eigenvalue weighted by Crippen LogP contribution is -2.05. The third-order valence-electron chi connectivity index (χ3n) is 2.96. The molecule has 0 amide bonds. The van der Waals surface area contributed by atoms with E-state index in [0.717, 1.165) is 24.1 Å². The van der Waals surface area contributed by atoms with Crippen LogP contribution in [0.2, 0.25) is 0 Å². The first-order chi connectivity index (χ1) is 9.10. The van der Waals surface area contributed by atoms with Crippen LogP contribution in [0.15, 0.2) is 36.4 Å². The standard InChI is InChI=1S/C15H16F2N2/c1-2-10-3-5-11(6-4-10)9-19-15-13(16)7-12(18)8-14(15)17/h3-8,19H,2,9,18H2,1H3. The van der Waals surface area contributed by atoms with Gasteiger partial charge in [0.1, 0.15) is 5.69 Å². The van der Waals surface area contributed by atoms with E-state index in [-0.39, 0.29) is 11.4 Å². The first-order valence-electron chi connectivity index (χ1n) is 6.16. The highest BCUT2D eigenvalue weighted by Gasteiger charge is 2.09. The zero-order valence-corrected chi connectivity index (χ0v) is 10.7. The predicted octanol–water partition coefficient (Wildman–Crippen LogP) is 3.72. The van der Waals surface area contributed by atoms with Crippen molar-refractivity contribution in [1.82, 2.24) is 0 Å². The molecule has 3 N–H and O–H groups in total. The summed E-state index contributed by atoms with van der Waals surface area (Å²) in [6.45, 7) is 2.44. The van der Waals surface area contributed by atoms with Gasteiger partial charge in [-0.25, -0.2) is 8.78 Å². The van der Waals surface area contributed by atoms with Crippen molar-refractivity contribution in [1.29, 1.82) is 0 Å². The van der Waals surface area contributed by atoms with Gasteiger partial charge in [0.2, 0.25) is 0 Å². The monoisotopic (exact) mass is 262 g/mol. The number of aryl methyl sites for hydroxylation is 1. The summed E-state index contributed by atoms with van der Waals surface area (Å²) in [4.78, 5) is 0. The molecule has 19 heavy (non-hydrogen) atoms. The van der Waals surface area contributed by atoms with Crippen LogP contribution in [0.5, 0.6) is 0 Å². The number of hydrogen-bond acceptors (Lipinski definition) is 2. The van der Waals surface area contributed by atoms with Crippen LogP contribution in [0.4, 0.5) is 20.2 Å². The van der Waals surface area contributed by atoms with Crippen LogP contribution in [0.1, 0.15) is 18.1 Å². The Morgan fingerprint density at radius 2 is 1.53 bits per heavy atom. The SMILES string of the molecule is CCc1ccc(CNc2c(F)cc(N)cc2F)cc1. The van der Waals surface area contributed by atoms with E-state index in [2.05, 4.69) is 12.2 Å². The number of halogens is 2. The van der Waals surface area contributed by atoms with Crippen molar-refractivity contribution in [3.05, 3.63) is 59.2 Å². The van der Waals surface area contributed by atoms with E-state index in [1.54, 1.807) is 0 Å². The van der Waals surface area contributed by atoms with Gasteiger partial charge in [-0.05, 0) is 29.7 Å². The smallest absolute Gasteiger partial charge is 0.151 e. The number of hydrogen-bond donors (Lipinski definition) is 2. The molecule has 0 fully saturated rings. The van der Waals surface area contributed by atoms with Crippen molar-refractivity contribution >= 4 is 11.4 Å². The molecule has 0 atom stereocenters. The highest BCUT2D eigenvalue weighted by molar-refractivity contribution is 5.54. The Bertz CT molecular complexity index is 542. The Labute approximate surface area is 111 Å². The van der Waals surface area contributed by atoms with E-state index in [4.69, 9.17) is 5.73 Å². The van der Waals surface area contributed by atoms with Gasteiger partial charge in [-0.1, -0.05) is 31.2 Å². The largest absolute Gasteiger partial charge is 0.399 e.